The van der Waals surface area contributed by atoms with Crippen LogP contribution in [0.3, 0.4) is 0 Å². The highest BCUT2D eigenvalue weighted by atomic mass is 127. The molecule has 1 aromatic carbocycles. The van der Waals surface area contributed by atoms with Gasteiger partial charge < -0.3 is 5.32 Å². The van der Waals surface area contributed by atoms with E-state index in [1.165, 1.54) is 0 Å². The van der Waals surface area contributed by atoms with Crippen LogP contribution in [0.15, 0.2) is 29.1 Å². The molecule has 1 aromatic heterocycles. The second-order valence-corrected chi connectivity index (χ2v) is 5.90. The number of amides is 1. The van der Waals surface area contributed by atoms with Crippen molar-refractivity contribution >= 4 is 51.4 Å². The van der Waals surface area contributed by atoms with Crippen LogP contribution in [0.4, 0.5) is 0 Å². The molecule has 18 heavy (non-hydrogen) atoms. The van der Waals surface area contributed by atoms with Gasteiger partial charge in [0.25, 0.3) is 5.91 Å². The number of halogens is 2. The van der Waals surface area contributed by atoms with Gasteiger partial charge in [-0.1, -0.05) is 11.6 Å². The number of hydrogen-bond acceptors (Lipinski definition) is 3. The lowest BCUT2D eigenvalue weighted by molar-refractivity contribution is 0.0954. The van der Waals surface area contributed by atoms with Crippen molar-refractivity contribution in [2.75, 3.05) is 6.54 Å². The molecule has 0 aliphatic rings. The smallest absolute Gasteiger partial charge is 0.251 e. The molecule has 0 unspecified atom stereocenters. The highest BCUT2D eigenvalue weighted by Gasteiger charge is 2.07. The van der Waals surface area contributed by atoms with E-state index in [1.54, 1.807) is 29.0 Å². The Morgan fingerprint density at radius 2 is 2.33 bits per heavy atom. The molecule has 1 heterocycles. The Kier molecular flexibility index (Phi) is 4.96. The fourth-order valence-corrected chi connectivity index (χ4v) is 2.51. The molecule has 2 aromatic rings. The van der Waals surface area contributed by atoms with Crippen LogP contribution in [-0.4, -0.2) is 17.4 Å². The van der Waals surface area contributed by atoms with E-state index in [2.05, 4.69) is 32.9 Å². The van der Waals surface area contributed by atoms with Gasteiger partial charge in [0.05, 0.1) is 16.2 Å². The Morgan fingerprint density at radius 3 is 3.00 bits per heavy atom. The molecule has 0 bridgehead atoms. The van der Waals surface area contributed by atoms with Crippen LogP contribution in [0.1, 0.15) is 16.1 Å². The largest absolute Gasteiger partial charge is 0.352 e. The highest BCUT2D eigenvalue weighted by molar-refractivity contribution is 14.1. The molecule has 94 valence electrons. The maximum Gasteiger partial charge on any atom is 0.251 e. The summed E-state index contributed by atoms with van der Waals surface area (Å²) in [5.74, 6) is -0.108. The van der Waals surface area contributed by atoms with Crippen LogP contribution in [-0.2, 0) is 6.42 Å². The first-order valence-corrected chi connectivity index (χ1v) is 7.67. The zero-order valence-electron chi connectivity index (χ0n) is 9.32. The van der Waals surface area contributed by atoms with Crippen molar-refractivity contribution in [2.24, 2.45) is 0 Å². The van der Waals surface area contributed by atoms with E-state index < -0.39 is 0 Å². The van der Waals surface area contributed by atoms with Crippen LogP contribution in [0.25, 0.3) is 0 Å². The number of rotatable bonds is 4. The lowest BCUT2D eigenvalue weighted by Gasteiger charge is -2.05. The molecule has 0 saturated carbocycles. The maximum atomic E-state index is 11.8. The predicted octanol–water partition coefficient (Wildman–Crippen LogP) is 3.37. The number of thiazole rings is 1. The van der Waals surface area contributed by atoms with E-state index in [1.807, 2.05) is 11.4 Å². The number of aromatic nitrogens is 1. The van der Waals surface area contributed by atoms with Gasteiger partial charge in [0.15, 0.2) is 0 Å². The minimum Gasteiger partial charge on any atom is -0.352 e. The van der Waals surface area contributed by atoms with Gasteiger partial charge in [-0.2, -0.15) is 0 Å². The van der Waals surface area contributed by atoms with Crippen molar-refractivity contribution in [1.29, 1.82) is 0 Å². The first-order valence-electron chi connectivity index (χ1n) is 5.27. The van der Waals surface area contributed by atoms with E-state index in [9.17, 15) is 4.79 Å². The van der Waals surface area contributed by atoms with Crippen molar-refractivity contribution in [3.8, 4) is 0 Å². The van der Waals surface area contributed by atoms with Gasteiger partial charge >= 0.3 is 0 Å². The van der Waals surface area contributed by atoms with E-state index >= 15 is 0 Å². The lowest BCUT2D eigenvalue weighted by Crippen LogP contribution is -2.25. The lowest BCUT2D eigenvalue weighted by atomic mass is 10.2. The number of nitrogens with zero attached hydrogens (tertiary/aromatic N) is 1. The molecular weight excluding hydrogens is 383 g/mol. The van der Waals surface area contributed by atoms with Gasteiger partial charge in [0.2, 0.25) is 0 Å². The van der Waals surface area contributed by atoms with Gasteiger partial charge in [0, 0.05) is 27.5 Å². The van der Waals surface area contributed by atoms with E-state index in [0.717, 1.165) is 15.7 Å². The third-order valence-corrected chi connectivity index (χ3v) is 4.54. The minimum atomic E-state index is -0.108. The molecule has 0 spiro atoms. The van der Waals surface area contributed by atoms with Gasteiger partial charge in [-0.25, -0.2) is 4.98 Å². The Morgan fingerprint density at radius 1 is 1.50 bits per heavy atom. The van der Waals surface area contributed by atoms with Gasteiger partial charge in [-0.05, 0) is 40.8 Å². The molecular formula is C12H10ClIN2OS. The third-order valence-electron chi connectivity index (χ3n) is 2.33. The Hall–Kier alpha value is -0.660. The van der Waals surface area contributed by atoms with E-state index in [-0.39, 0.29) is 5.91 Å². The van der Waals surface area contributed by atoms with Gasteiger partial charge in [0.1, 0.15) is 0 Å². The summed E-state index contributed by atoms with van der Waals surface area (Å²) in [7, 11) is 0. The molecule has 1 amide bonds. The topological polar surface area (TPSA) is 42.0 Å². The SMILES string of the molecule is O=C(NCCc1cscn1)c1ccc(I)c(Cl)c1. The summed E-state index contributed by atoms with van der Waals surface area (Å²) in [6.07, 6.45) is 0.743. The number of benzene rings is 1. The van der Waals surface area contributed by atoms with E-state index in [4.69, 9.17) is 11.6 Å². The summed E-state index contributed by atoms with van der Waals surface area (Å²) < 4.78 is 0.938. The number of hydrogen-bond donors (Lipinski definition) is 1. The Balaban J connectivity index is 1.89. The average molecular weight is 393 g/mol. The zero-order chi connectivity index (χ0) is 13.0. The second-order valence-electron chi connectivity index (χ2n) is 3.61. The molecule has 0 saturated heterocycles. The molecule has 2 rings (SSSR count). The first kappa shape index (κ1) is 13.8. The Bertz CT molecular complexity index is 545. The van der Waals surface area contributed by atoms with Gasteiger partial charge in [-0.3, -0.25) is 4.79 Å². The minimum absolute atomic E-state index is 0.108. The van der Waals surface area contributed by atoms with Crippen LogP contribution in [0, 0.1) is 3.57 Å². The normalized spacial score (nSPS) is 10.3. The van der Waals surface area contributed by atoms with Crippen molar-refractivity contribution in [3.05, 3.63) is 48.9 Å². The van der Waals surface area contributed by atoms with E-state index in [0.29, 0.717) is 17.1 Å². The first-order chi connectivity index (χ1) is 8.66. The highest BCUT2D eigenvalue weighted by Crippen LogP contribution is 2.19. The molecule has 0 aliphatic heterocycles. The zero-order valence-corrected chi connectivity index (χ0v) is 13.1. The molecule has 1 N–H and O–H groups in total. The fourth-order valence-electron chi connectivity index (χ4n) is 1.40. The van der Waals surface area contributed by atoms with Crippen molar-refractivity contribution < 1.29 is 4.79 Å². The summed E-state index contributed by atoms with van der Waals surface area (Å²) in [6, 6.07) is 5.28. The number of nitrogens with one attached hydrogen (secondary N) is 1. The standard InChI is InChI=1S/C12H10ClIN2OS/c13-10-5-8(1-2-11(10)14)12(17)15-4-3-9-6-18-7-16-9/h1-2,5-7H,3-4H2,(H,15,17). The van der Waals surface area contributed by atoms with Crippen LogP contribution >= 0.6 is 45.5 Å². The van der Waals surface area contributed by atoms with Crippen LogP contribution < -0.4 is 5.32 Å². The molecule has 0 atom stereocenters. The molecule has 3 nitrogen and oxygen atoms in total. The monoisotopic (exact) mass is 392 g/mol. The van der Waals surface area contributed by atoms with Crippen molar-refractivity contribution in [3.63, 3.8) is 0 Å². The molecule has 0 aliphatic carbocycles. The number of carbonyl (C=O) groups excluding carboxylic acids is 1. The van der Waals surface area contributed by atoms with Crippen molar-refractivity contribution in [2.45, 2.75) is 6.42 Å². The summed E-state index contributed by atoms with van der Waals surface area (Å²) >= 11 is 9.66. The molecule has 6 heteroatoms. The average Bonchev–Trinajstić information content (AvgIpc) is 2.85. The van der Waals surface area contributed by atoms with Crippen LogP contribution in [0.2, 0.25) is 5.02 Å². The Labute approximate surface area is 128 Å². The number of carbonyl (C=O) groups is 1. The van der Waals surface area contributed by atoms with Gasteiger partial charge in [-0.15, -0.1) is 11.3 Å². The molecule has 0 radical (unpaired) electrons. The fraction of sp³-hybridized carbons (Fsp3) is 0.167. The predicted molar refractivity (Wildman–Crippen MR) is 82.3 cm³/mol. The summed E-state index contributed by atoms with van der Waals surface area (Å²) in [5, 5.41) is 5.43. The summed E-state index contributed by atoms with van der Waals surface area (Å²) in [5.41, 5.74) is 3.37. The third kappa shape index (κ3) is 3.66. The summed E-state index contributed by atoms with van der Waals surface area (Å²) in [6.45, 7) is 0.576. The van der Waals surface area contributed by atoms with Crippen molar-refractivity contribution in [1.82, 2.24) is 10.3 Å². The molecule has 0 fully saturated rings. The second kappa shape index (κ2) is 6.49. The van der Waals surface area contributed by atoms with Crippen LogP contribution in [0.5, 0.6) is 0 Å². The maximum absolute atomic E-state index is 11.8. The summed E-state index contributed by atoms with van der Waals surface area (Å²) in [4.78, 5) is 16.0. The quantitative estimate of drug-likeness (QED) is 0.811.